The molecule has 1 unspecified atom stereocenters. The van der Waals surface area contributed by atoms with Crippen molar-refractivity contribution in [3.8, 4) is 0 Å². The Morgan fingerprint density at radius 3 is 2.64 bits per heavy atom. The summed E-state index contributed by atoms with van der Waals surface area (Å²) in [5.41, 5.74) is 1.31. The van der Waals surface area contributed by atoms with E-state index in [0.717, 1.165) is 17.4 Å². The van der Waals surface area contributed by atoms with Gasteiger partial charge in [-0.25, -0.2) is 0 Å². The Kier molecular flexibility index (Phi) is 4.97. The second-order valence-electron chi connectivity index (χ2n) is 4.06. The van der Waals surface area contributed by atoms with Crippen molar-refractivity contribution in [2.45, 2.75) is 31.5 Å². The van der Waals surface area contributed by atoms with Crippen molar-refractivity contribution in [3.63, 3.8) is 0 Å². The summed E-state index contributed by atoms with van der Waals surface area (Å²) in [6, 6.07) is 8.08. The predicted molar refractivity (Wildman–Crippen MR) is 67.3 cm³/mol. The first-order chi connectivity index (χ1) is 6.58. The third-order valence-corrected chi connectivity index (χ3v) is 3.01. The highest BCUT2D eigenvalue weighted by Crippen LogP contribution is 2.19. The fourth-order valence-electron chi connectivity index (χ4n) is 1.51. The number of alkyl halides is 1. The van der Waals surface area contributed by atoms with Crippen LogP contribution in [-0.4, -0.2) is 4.83 Å². The van der Waals surface area contributed by atoms with Crippen LogP contribution >= 0.6 is 27.5 Å². The highest BCUT2D eigenvalue weighted by molar-refractivity contribution is 9.09. The van der Waals surface area contributed by atoms with E-state index in [0.29, 0.717) is 4.83 Å². The molecule has 1 rings (SSSR count). The lowest BCUT2D eigenvalue weighted by molar-refractivity contribution is 0.571. The van der Waals surface area contributed by atoms with Gasteiger partial charge in [-0.15, -0.1) is 0 Å². The maximum atomic E-state index is 5.92. The molecule has 0 aliphatic heterocycles. The minimum Gasteiger partial charge on any atom is -0.0887 e. The van der Waals surface area contributed by atoms with Gasteiger partial charge in [-0.1, -0.05) is 53.5 Å². The molecule has 0 spiro atoms. The molecule has 14 heavy (non-hydrogen) atoms. The summed E-state index contributed by atoms with van der Waals surface area (Å²) in [5, 5.41) is 0.826. The van der Waals surface area contributed by atoms with Gasteiger partial charge in [-0.3, -0.25) is 0 Å². The van der Waals surface area contributed by atoms with Crippen LogP contribution in [0, 0.1) is 5.92 Å². The van der Waals surface area contributed by atoms with Crippen molar-refractivity contribution in [3.05, 3.63) is 34.9 Å². The van der Waals surface area contributed by atoms with Crippen molar-refractivity contribution < 1.29 is 0 Å². The molecule has 0 aliphatic carbocycles. The van der Waals surface area contributed by atoms with Crippen molar-refractivity contribution >= 4 is 27.5 Å². The summed E-state index contributed by atoms with van der Waals surface area (Å²) >= 11 is 9.62. The number of benzene rings is 1. The molecule has 0 amide bonds. The second-order valence-corrected chi connectivity index (χ2v) is 5.79. The van der Waals surface area contributed by atoms with Crippen LogP contribution in [0.25, 0.3) is 0 Å². The fraction of sp³-hybridized carbons (Fsp3) is 0.500. The molecule has 78 valence electrons. The van der Waals surface area contributed by atoms with Gasteiger partial charge in [0.1, 0.15) is 0 Å². The minimum atomic E-state index is 0.556. The average molecular weight is 276 g/mol. The summed E-state index contributed by atoms with van der Waals surface area (Å²) in [6.07, 6.45) is 2.26. The number of hydrogen-bond donors (Lipinski definition) is 0. The third-order valence-electron chi connectivity index (χ3n) is 2.07. The van der Waals surface area contributed by atoms with Gasteiger partial charge in [0, 0.05) is 9.85 Å². The summed E-state index contributed by atoms with van der Waals surface area (Å²) in [6.45, 7) is 4.48. The van der Waals surface area contributed by atoms with Crippen LogP contribution in [-0.2, 0) is 6.42 Å². The molecule has 0 bridgehead atoms. The molecule has 0 aromatic heterocycles. The standard InChI is InChI=1S/C12H16BrCl/c1-9(2)6-11(13)7-10-4-3-5-12(14)8-10/h3-5,8-9,11H,6-7H2,1-2H3. The predicted octanol–water partition coefficient (Wildman–Crippen LogP) is 4.69. The summed E-state index contributed by atoms with van der Waals surface area (Å²) in [4.78, 5) is 0.556. The Morgan fingerprint density at radius 2 is 2.07 bits per heavy atom. The third kappa shape index (κ3) is 4.47. The van der Waals surface area contributed by atoms with Crippen LogP contribution in [0.4, 0.5) is 0 Å². The van der Waals surface area contributed by atoms with Gasteiger partial charge >= 0.3 is 0 Å². The van der Waals surface area contributed by atoms with Crippen molar-refractivity contribution in [2.24, 2.45) is 5.92 Å². The Labute approximate surface area is 99.8 Å². The van der Waals surface area contributed by atoms with E-state index in [9.17, 15) is 0 Å². The molecular weight excluding hydrogens is 259 g/mol. The molecule has 0 saturated heterocycles. The quantitative estimate of drug-likeness (QED) is 0.699. The van der Waals surface area contributed by atoms with Crippen LogP contribution < -0.4 is 0 Å². The number of rotatable bonds is 4. The van der Waals surface area contributed by atoms with E-state index in [-0.39, 0.29) is 0 Å². The van der Waals surface area contributed by atoms with E-state index in [1.54, 1.807) is 0 Å². The smallest absolute Gasteiger partial charge is 0.0408 e. The van der Waals surface area contributed by atoms with Gasteiger partial charge < -0.3 is 0 Å². The van der Waals surface area contributed by atoms with Crippen LogP contribution in [0.15, 0.2) is 24.3 Å². The first kappa shape index (κ1) is 12.1. The van der Waals surface area contributed by atoms with Gasteiger partial charge in [0.15, 0.2) is 0 Å². The van der Waals surface area contributed by atoms with Crippen LogP contribution in [0.5, 0.6) is 0 Å². The fourth-order valence-corrected chi connectivity index (χ4v) is 2.85. The Hall–Kier alpha value is -0.0100. The van der Waals surface area contributed by atoms with E-state index in [1.807, 2.05) is 18.2 Å². The minimum absolute atomic E-state index is 0.556. The van der Waals surface area contributed by atoms with Gasteiger partial charge in [0.25, 0.3) is 0 Å². The Bertz CT molecular complexity index is 283. The van der Waals surface area contributed by atoms with Crippen LogP contribution in [0.3, 0.4) is 0 Å². The molecule has 0 aliphatic rings. The van der Waals surface area contributed by atoms with Gasteiger partial charge in [0.05, 0.1) is 0 Å². The molecule has 1 aromatic carbocycles. The van der Waals surface area contributed by atoms with Crippen LogP contribution in [0.2, 0.25) is 5.02 Å². The van der Waals surface area contributed by atoms with Gasteiger partial charge in [-0.05, 0) is 36.5 Å². The molecule has 0 N–H and O–H groups in total. The van der Waals surface area contributed by atoms with E-state index in [1.165, 1.54) is 12.0 Å². The summed E-state index contributed by atoms with van der Waals surface area (Å²) in [7, 11) is 0. The Morgan fingerprint density at radius 1 is 1.36 bits per heavy atom. The zero-order valence-corrected chi connectivity index (χ0v) is 11.0. The van der Waals surface area contributed by atoms with Crippen LogP contribution in [0.1, 0.15) is 25.8 Å². The molecular formula is C12H16BrCl. The molecule has 0 heterocycles. The normalized spacial score (nSPS) is 13.2. The zero-order valence-electron chi connectivity index (χ0n) is 8.63. The monoisotopic (exact) mass is 274 g/mol. The molecule has 2 heteroatoms. The molecule has 0 saturated carbocycles. The number of hydrogen-bond acceptors (Lipinski definition) is 0. The highest BCUT2D eigenvalue weighted by Gasteiger charge is 2.07. The van der Waals surface area contributed by atoms with Gasteiger partial charge in [-0.2, -0.15) is 0 Å². The topological polar surface area (TPSA) is 0 Å². The van der Waals surface area contributed by atoms with Crippen molar-refractivity contribution in [1.29, 1.82) is 0 Å². The van der Waals surface area contributed by atoms with Crippen molar-refractivity contribution in [2.75, 3.05) is 0 Å². The number of halogens is 2. The molecule has 0 nitrogen and oxygen atoms in total. The highest BCUT2D eigenvalue weighted by atomic mass is 79.9. The molecule has 0 radical (unpaired) electrons. The lowest BCUT2D eigenvalue weighted by atomic mass is 10.0. The molecule has 0 fully saturated rings. The maximum Gasteiger partial charge on any atom is 0.0408 e. The van der Waals surface area contributed by atoms with Gasteiger partial charge in [0.2, 0.25) is 0 Å². The molecule has 1 aromatic rings. The second kappa shape index (κ2) is 5.77. The van der Waals surface area contributed by atoms with E-state index >= 15 is 0 Å². The first-order valence-corrected chi connectivity index (χ1v) is 6.26. The lowest BCUT2D eigenvalue weighted by Crippen LogP contribution is -2.06. The van der Waals surface area contributed by atoms with Crippen molar-refractivity contribution in [1.82, 2.24) is 0 Å². The lowest BCUT2D eigenvalue weighted by Gasteiger charge is -2.12. The summed E-state index contributed by atoms with van der Waals surface area (Å²) in [5.74, 6) is 0.735. The first-order valence-electron chi connectivity index (χ1n) is 4.96. The molecule has 1 atom stereocenters. The average Bonchev–Trinajstić information content (AvgIpc) is 2.01. The zero-order chi connectivity index (χ0) is 10.6. The Balaban J connectivity index is 2.51. The SMILES string of the molecule is CC(C)CC(Br)Cc1cccc(Cl)c1. The summed E-state index contributed by atoms with van der Waals surface area (Å²) < 4.78 is 0. The maximum absolute atomic E-state index is 5.92. The largest absolute Gasteiger partial charge is 0.0887 e. The van der Waals surface area contributed by atoms with E-state index in [4.69, 9.17) is 11.6 Å². The van der Waals surface area contributed by atoms with E-state index < -0.39 is 0 Å². The van der Waals surface area contributed by atoms with E-state index in [2.05, 4.69) is 35.8 Å².